The van der Waals surface area contributed by atoms with E-state index < -0.39 is 10.0 Å². The van der Waals surface area contributed by atoms with Crippen molar-refractivity contribution in [1.82, 2.24) is 4.31 Å². The topological polar surface area (TPSA) is 78.5 Å². The first kappa shape index (κ1) is 21.8. The van der Waals surface area contributed by atoms with Gasteiger partial charge in [0.15, 0.2) is 0 Å². The summed E-state index contributed by atoms with van der Waals surface area (Å²) >= 11 is 0. The lowest BCUT2D eigenvalue weighted by Gasteiger charge is -2.19. The Labute approximate surface area is 178 Å². The highest BCUT2D eigenvalue weighted by Gasteiger charge is 2.22. The molecule has 2 N–H and O–H groups in total. The number of amides is 1. The summed E-state index contributed by atoms with van der Waals surface area (Å²) in [6, 6.07) is 18.7. The van der Waals surface area contributed by atoms with E-state index in [1.54, 1.807) is 26.0 Å². The minimum Gasteiger partial charge on any atom is -0.376 e. The van der Waals surface area contributed by atoms with Crippen molar-refractivity contribution in [3.05, 3.63) is 66.2 Å². The number of nitrogens with zero attached hydrogens (tertiary/aromatic N) is 1. The van der Waals surface area contributed by atoms with Crippen LogP contribution in [0.4, 0.5) is 11.4 Å². The van der Waals surface area contributed by atoms with Gasteiger partial charge in [-0.2, -0.15) is 4.31 Å². The molecule has 0 aliphatic heterocycles. The van der Waals surface area contributed by atoms with E-state index in [0.717, 1.165) is 22.0 Å². The number of aryl methyl sites for hydroxylation is 1. The van der Waals surface area contributed by atoms with Gasteiger partial charge in [-0.15, -0.1) is 0 Å². The van der Waals surface area contributed by atoms with Crippen LogP contribution in [0.2, 0.25) is 0 Å². The summed E-state index contributed by atoms with van der Waals surface area (Å²) in [7, 11) is -3.59. The average Bonchev–Trinajstić information content (AvgIpc) is 2.74. The number of rotatable bonds is 8. The first-order valence-electron chi connectivity index (χ1n) is 9.99. The Morgan fingerprint density at radius 2 is 1.63 bits per heavy atom. The maximum atomic E-state index is 12.8. The lowest BCUT2D eigenvalue weighted by molar-refractivity contribution is -0.114. The summed E-state index contributed by atoms with van der Waals surface area (Å²) in [4.78, 5) is 12.7. The molecule has 1 amide bonds. The number of carbonyl (C=O) groups is 1. The average molecular weight is 426 g/mol. The van der Waals surface area contributed by atoms with Crippen LogP contribution >= 0.6 is 0 Å². The molecule has 3 aromatic rings. The van der Waals surface area contributed by atoms with Gasteiger partial charge in [0, 0.05) is 29.9 Å². The molecule has 0 fully saturated rings. The van der Waals surface area contributed by atoms with Gasteiger partial charge in [-0.25, -0.2) is 8.42 Å². The van der Waals surface area contributed by atoms with Gasteiger partial charge in [-0.05, 0) is 36.1 Å². The smallest absolute Gasteiger partial charge is 0.243 e. The van der Waals surface area contributed by atoms with E-state index in [0.29, 0.717) is 18.8 Å². The first-order chi connectivity index (χ1) is 14.4. The van der Waals surface area contributed by atoms with Gasteiger partial charge in [-0.1, -0.05) is 56.3 Å². The van der Waals surface area contributed by atoms with Gasteiger partial charge in [0.2, 0.25) is 15.9 Å². The zero-order valence-corrected chi connectivity index (χ0v) is 18.3. The Balaban J connectivity index is 1.75. The van der Waals surface area contributed by atoms with Gasteiger partial charge in [0.1, 0.15) is 0 Å². The lowest BCUT2D eigenvalue weighted by Crippen LogP contribution is -2.30. The normalized spacial score (nSPS) is 11.6. The summed E-state index contributed by atoms with van der Waals surface area (Å²) in [5.41, 5.74) is 2.16. The third-order valence-corrected chi connectivity index (χ3v) is 7.10. The van der Waals surface area contributed by atoms with Crippen LogP contribution in [0.1, 0.15) is 19.4 Å². The highest BCUT2D eigenvalue weighted by atomic mass is 32.2. The molecule has 0 saturated heterocycles. The van der Waals surface area contributed by atoms with Crippen molar-refractivity contribution in [2.75, 3.05) is 30.3 Å². The SMILES string of the molecule is CCN(CC)S(=O)(=O)c1ccc(C)c(NC(=O)CNc2cccc3ccccc23)c1. The van der Waals surface area contributed by atoms with E-state index in [2.05, 4.69) is 10.6 Å². The summed E-state index contributed by atoms with van der Waals surface area (Å²) in [6.45, 7) is 6.29. The number of anilines is 2. The Kier molecular flexibility index (Phi) is 6.74. The van der Waals surface area contributed by atoms with Crippen molar-refractivity contribution >= 4 is 38.1 Å². The van der Waals surface area contributed by atoms with E-state index in [-0.39, 0.29) is 17.3 Å². The molecular weight excluding hydrogens is 398 g/mol. The fourth-order valence-electron chi connectivity index (χ4n) is 3.36. The Bertz CT molecular complexity index is 1150. The minimum absolute atomic E-state index is 0.0699. The standard InChI is InChI=1S/C23H27N3O3S/c1-4-26(5-2)30(28,29)19-14-13-17(3)22(15-19)25-23(27)16-24-21-12-8-10-18-9-6-7-11-20(18)21/h6-15,24H,4-5,16H2,1-3H3,(H,25,27). The zero-order valence-electron chi connectivity index (χ0n) is 17.5. The van der Waals surface area contributed by atoms with E-state index >= 15 is 0 Å². The minimum atomic E-state index is -3.59. The van der Waals surface area contributed by atoms with Crippen LogP contribution in [0.25, 0.3) is 10.8 Å². The fourth-order valence-corrected chi connectivity index (χ4v) is 4.84. The van der Waals surface area contributed by atoms with E-state index in [4.69, 9.17) is 0 Å². The molecule has 3 aromatic carbocycles. The first-order valence-corrected chi connectivity index (χ1v) is 11.4. The lowest BCUT2D eigenvalue weighted by atomic mass is 10.1. The molecule has 158 valence electrons. The maximum absolute atomic E-state index is 12.8. The summed E-state index contributed by atoms with van der Waals surface area (Å²) in [5, 5.41) is 8.13. The maximum Gasteiger partial charge on any atom is 0.243 e. The van der Waals surface area contributed by atoms with Crippen LogP contribution in [0, 0.1) is 6.92 Å². The third-order valence-electron chi connectivity index (χ3n) is 5.06. The molecule has 7 heteroatoms. The van der Waals surface area contributed by atoms with Crippen LogP contribution in [0.3, 0.4) is 0 Å². The van der Waals surface area contributed by atoms with Gasteiger partial charge in [0.05, 0.1) is 11.4 Å². The molecule has 0 aliphatic rings. The number of fused-ring (bicyclic) bond motifs is 1. The monoisotopic (exact) mass is 425 g/mol. The Hall–Kier alpha value is -2.90. The summed E-state index contributed by atoms with van der Waals surface area (Å²) < 4.78 is 27.0. The van der Waals surface area contributed by atoms with Crippen LogP contribution < -0.4 is 10.6 Å². The molecule has 0 aromatic heterocycles. The van der Waals surface area contributed by atoms with Gasteiger partial charge < -0.3 is 10.6 Å². The van der Waals surface area contributed by atoms with E-state index in [1.165, 1.54) is 10.4 Å². The van der Waals surface area contributed by atoms with Crippen molar-refractivity contribution in [2.24, 2.45) is 0 Å². The predicted molar refractivity (Wildman–Crippen MR) is 122 cm³/mol. The second-order valence-electron chi connectivity index (χ2n) is 6.99. The molecule has 0 aliphatic carbocycles. The number of hydrogen-bond donors (Lipinski definition) is 2. The van der Waals surface area contributed by atoms with E-state index in [9.17, 15) is 13.2 Å². The highest BCUT2D eigenvalue weighted by Crippen LogP contribution is 2.24. The molecule has 3 rings (SSSR count). The fraction of sp³-hybridized carbons (Fsp3) is 0.261. The Morgan fingerprint density at radius 1 is 0.933 bits per heavy atom. The molecule has 0 unspecified atom stereocenters. The predicted octanol–water partition coefficient (Wildman–Crippen LogP) is 4.23. The van der Waals surface area contributed by atoms with Crippen LogP contribution in [-0.2, 0) is 14.8 Å². The molecule has 6 nitrogen and oxygen atoms in total. The molecule has 0 radical (unpaired) electrons. The molecule has 0 bridgehead atoms. The molecule has 0 atom stereocenters. The number of carbonyl (C=O) groups excluding carboxylic acids is 1. The van der Waals surface area contributed by atoms with Crippen molar-refractivity contribution < 1.29 is 13.2 Å². The number of sulfonamides is 1. The van der Waals surface area contributed by atoms with E-state index in [1.807, 2.05) is 49.4 Å². The van der Waals surface area contributed by atoms with Crippen LogP contribution in [0.5, 0.6) is 0 Å². The second kappa shape index (κ2) is 9.28. The molecule has 0 saturated carbocycles. The number of nitrogens with one attached hydrogen (secondary N) is 2. The largest absolute Gasteiger partial charge is 0.376 e. The third kappa shape index (κ3) is 4.63. The van der Waals surface area contributed by atoms with Crippen LogP contribution in [-0.4, -0.2) is 38.3 Å². The summed E-state index contributed by atoms with van der Waals surface area (Å²) in [5.74, 6) is -0.247. The quantitative estimate of drug-likeness (QED) is 0.566. The highest BCUT2D eigenvalue weighted by molar-refractivity contribution is 7.89. The van der Waals surface area contributed by atoms with Gasteiger partial charge in [-0.3, -0.25) is 4.79 Å². The van der Waals surface area contributed by atoms with Gasteiger partial charge >= 0.3 is 0 Å². The number of benzene rings is 3. The molecule has 30 heavy (non-hydrogen) atoms. The van der Waals surface area contributed by atoms with Crippen molar-refractivity contribution in [1.29, 1.82) is 0 Å². The molecule has 0 heterocycles. The molecule has 0 spiro atoms. The second-order valence-corrected chi connectivity index (χ2v) is 8.93. The van der Waals surface area contributed by atoms with Crippen molar-refractivity contribution in [3.8, 4) is 0 Å². The van der Waals surface area contributed by atoms with Gasteiger partial charge in [0.25, 0.3) is 0 Å². The van der Waals surface area contributed by atoms with Crippen LogP contribution in [0.15, 0.2) is 65.6 Å². The molecular formula is C23H27N3O3S. The van der Waals surface area contributed by atoms with Crippen molar-refractivity contribution in [3.63, 3.8) is 0 Å². The summed E-state index contributed by atoms with van der Waals surface area (Å²) in [6.07, 6.45) is 0. The number of hydrogen-bond acceptors (Lipinski definition) is 4. The zero-order chi connectivity index (χ0) is 21.7. The van der Waals surface area contributed by atoms with Crippen molar-refractivity contribution in [2.45, 2.75) is 25.7 Å². The Morgan fingerprint density at radius 3 is 2.37 bits per heavy atom.